The molecule has 0 unspecified atom stereocenters. The van der Waals surface area contributed by atoms with Crippen molar-refractivity contribution in [2.24, 2.45) is 46.3 Å². The van der Waals surface area contributed by atoms with Crippen molar-refractivity contribution >= 4 is 50.0 Å². The molecule has 356 valence electrons. The highest BCUT2D eigenvalue weighted by Gasteiger charge is 2.65. The van der Waals surface area contributed by atoms with Crippen LogP contribution >= 0.6 is 11.8 Å². The zero-order valence-electron chi connectivity index (χ0n) is 40.6. The van der Waals surface area contributed by atoms with Gasteiger partial charge in [0, 0.05) is 57.1 Å². The van der Waals surface area contributed by atoms with Gasteiger partial charge in [0.05, 0.1) is 0 Å². The molecule has 2 aromatic carbocycles. The van der Waals surface area contributed by atoms with Gasteiger partial charge >= 0.3 is 21.0 Å². The Hall–Kier alpha value is -3.10. The number of benzene rings is 2. The fourth-order valence-corrected chi connectivity index (χ4v) is 16.0. The molecule has 4 saturated carbocycles. The molecule has 4 aliphatic rings. The quantitative estimate of drug-likeness (QED) is 0.0930. The van der Waals surface area contributed by atoms with Gasteiger partial charge in [0.15, 0.2) is 0 Å². The molecule has 4 fully saturated rings. The first-order valence-electron chi connectivity index (χ1n) is 24.1. The number of anilines is 2. The summed E-state index contributed by atoms with van der Waals surface area (Å²) in [6.45, 7) is 16.1. The summed E-state index contributed by atoms with van der Waals surface area (Å²) in [5.74, 6) is 4.55. The van der Waals surface area contributed by atoms with Crippen LogP contribution in [-0.4, -0.2) is 78.5 Å². The summed E-state index contributed by atoms with van der Waals surface area (Å²) in [4.78, 5) is 40.3. The van der Waals surface area contributed by atoms with Crippen LogP contribution in [0, 0.1) is 74.0 Å². The van der Waals surface area contributed by atoms with Crippen molar-refractivity contribution in [1.29, 1.82) is 0 Å². The fourth-order valence-electron chi connectivity index (χ4n) is 13.2. The largest absolute Gasteiger partial charge is 0.500 e. The summed E-state index contributed by atoms with van der Waals surface area (Å²) in [5, 5.41) is 9.27. The van der Waals surface area contributed by atoms with E-state index in [2.05, 4.69) is 48.9 Å². The first kappa shape index (κ1) is 50.3. The third-order valence-corrected chi connectivity index (χ3v) is 20.2. The fraction of sp³-hybridized carbons (Fsp3) is 0.706. The molecule has 13 heteroatoms. The Morgan fingerprint density at radius 2 is 1.34 bits per heavy atom. The molecular weight excluding hydrogens is 843 g/mol. The first-order chi connectivity index (χ1) is 30.5. The lowest BCUT2D eigenvalue weighted by atomic mass is 9.43. The van der Waals surface area contributed by atoms with Crippen LogP contribution in [0.2, 0.25) is 6.04 Å². The van der Waals surface area contributed by atoms with Gasteiger partial charge in [-0.15, -0.1) is 0 Å². The van der Waals surface area contributed by atoms with Gasteiger partial charge in [0.25, 0.3) is 0 Å². The Morgan fingerprint density at radius 3 is 1.95 bits per heavy atom. The van der Waals surface area contributed by atoms with E-state index in [1.54, 1.807) is 21.3 Å². The molecule has 4 aliphatic carbocycles. The number of amides is 3. The Bertz CT molecular complexity index is 1870. The van der Waals surface area contributed by atoms with Gasteiger partial charge in [-0.25, -0.2) is 9.59 Å². The van der Waals surface area contributed by atoms with Gasteiger partial charge < -0.3 is 28.1 Å². The number of ether oxygens (including phenoxy) is 2. The van der Waals surface area contributed by atoms with Crippen molar-refractivity contribution in [2.45, 2.75) is 144 Å². The van der Waals surface area contributed by atoms with Crippen molar-refractivity contribution in [1.82, 2.24) is 5.32 Å². The summed E-state index contributed by atoms with van der Waals surface area (Å²) in [6.07, 6.45) is 10.0. The number of carbonyl (C=O) groups is 3. The van der Waals surface area contributed by atoms with E-state index in [0.717, 1.165) is 122 Å². The molecule has 0 saturated heterocycles. The van der Waals surface area contributed by atoms with Crippen molar-refractivity contribution in [2.75, 3.05) is 50.0 Å². The second-order valence-corrected chi connectivity index (χ2v) is 24.7. The minimum Gasteiger partial charge on any atom is -0.446 e. The van der Waals surface area contributed by atoms with E-state index in [-0.39, 0.29) is 41.1 Å². The van der Waals surface area contributed by atoms with Gasteiger partial charge in [-0.3, -0.25) is 15.4 Å². The molecule has 0 bridgehead atoms. The topological polar surface area (TPSA) is 133 Å². The predicted octanol–water partition coefficient (Wildman–Crippen LogP) is 11.6. The van der Waals surface area contributed by atoms with E-state index in [1.807, 2.05) is 63.7 Å². The standard InChI is InChI=1S/C51H79N3O8SSi/c1-33-25-34(2)28-39(27-33)53-48(56)61-41-19-20-50(6)38(31-41)14-15-42-44-17-16-43(37(5)13-18-47(55)52-21-11-22-63-23-12-24-64(58-8,59-9)60-10)51(44,7)46(32-45(42)50)62-49(57)54-40-29-35(3)26-36(4)30-40/h25-30,37-38,41-46H,11-24,31-32H2,1-10H3,(H,52,55)(H,53,56)(H,54,57)/t37-,38+,41-,42+,43+,44+,45+,46+,50+,51-/m1/s1. The van der Waals surface area contributed by atoms with Crippen LogP contribution in [-0.2, 0) is 27.5 Å². The number of nitrogens with one attached hydrogen (secondary N) is 3. The zero-order chi connectivity index (χ0) is 46.2. The lowest BCUT2D eigenvalue weighted by molar-refractivity contribution is -0.174. The second kappa shape index (κ2) is 22.1. The normalized spacial score (nSPS) is 29.1. The number of carbonyl (C=O) groups excluding carboxylic acids is 3. The van der Waals surface area contributed by atoms with E-state index >= 15 is 0 Å². The van der Waals surface area contributed by atoms with E-state index in [0.29, 0.717) is 48.5 Å². The van der Waals surface area contributed by atoms with Crippen LogP contribution in [0.25, 0.3) is 0 Å². The molecule has 2 aromatic rings. The molecule has 10 atom stereocenters. The molecular formula is C51H79N3O8SSi. The molecule has 0 aliphatic heterocycles. The summed E-state index contributed by atoms with van der Waals surface area (Å²) >= 11 is 1.89. The van der Waals surface area contributed by atoms with E-state index in [4.69, 9.17) is 22.8 Å². The number of hydrogen-bond donors (Lipinski definition) is 3. The third kappa shape index (κ3) is 11.9. The highest BCUT2D eigenvalue weighted by atomic mass is 32.2. The van der Waals surface area contributed by atoms with Crippen molar-refractivity contribution in [3.63, 3.8) is 0 Å². The summed E-state index contributed by atoms with van der Waals surface area (Å²) in [7, 11) is 2.43. The lowest BCUT2D eigenvalue weighted by Crippen LogP contribution is -2.60. The maximum absolute atomic E-state index is 14.0. The minimum absolute atomic E-state index is 0.0613. The first-order valence-corrected chi connectivity index (χ1v) is 27.2. The molecule has 0 heterocycles. The van der Waals surface area contributed by atoms with Crippen LogP contribution in [0.1, 0.15) is 120 Å². The van der Waals surface area contributed by atoms with Gasteiger partial charge in [-0.1, -0.05) is 32.9 Å². The van der Waals surface area contributed by atoms with E-state index in [9.17, 15) is 14.4 Å². The van der Waals surface area contributed by atoms with Crippen molar-refractivity contribution in [3.05, 3.63) is 58.7 Å². The predicted molar refractivity (Wildman–Crippen MR) is 260 cm³/mol. The summed E-state index contributed by atoms with van der Waals surface area (Å²) < 4.78 is 29.4. The molecule has 0 aromatic heterocycles. The minimum atomic E-state index is -2.52. The number of thioether (sulfide) groups is 1. The third-order valence-electron chi connectivity index (χ3n) is 16.2. The van der Waals surface area contributed by atoms with Crippen molar-refractivity contribution in [3.8, 4) is 0 Å². The molecule has 6 rings (SSSR count). The zero-order valence-corrected chi connectivity index (χ0v) is 42.4. The van der Waals surface area contributed by atoms with Gasteiger partial charge in [-0.2, -0.15) is 11.8 Å². The molecule has 11 nitrogen and oxygen atoms in total. The van der Waals surface area contributed by atoms with E-state index < -0.39 is 8.80 Å². The number of hydrogen-bond acceptors (Lipinski definition) is 9. The van der Waals surface area contributed by atoms with Crippen LogP contribution < -0.4 is 16.0 Å². The molecule has 64 heavy (non-hydrogen) atoms. The average molecular weight is 922 g/mol. The van der Waals surface area contributed by atoms with Gasteiger partial charge in [0.1, 0.15) is 12.2 Å². The molecule has 3 amide bonds. The number of aryl methyl sites for hydroxylation is 4. The molecule has 0 spiro atoms. The Balaban J connectivity index is 1.08. The van der Waals surface area contributed by atoms with Crippen LogP contribution in [0.15, 0.2) is 36.4 Å². The summed E-state index contributed by atoms with van der Waals surface area (Å²) in [5.41, 5.74) is 5.77. The van der Waals surface area contributed by atoms with Crippen molar-refractivity contribution < 1.29 is 37.1 Å². The summed E-state index contributed by atoms with van der Waals surface area (Å²) in [6, 6.07) is 12.9. The highest BCUT2D eigenvalue weighted by Crippen LogP contribution is 2.69. The van der Waals surface area contributed by atoms with Crippen LogP contribution in [0.5, 0.6) is 0 Å². The average Bonchev–Trinajstić information content (AvgIpc) is 3.60. The Labute approximate surface area is 389 Å². The number of rotatable bonds is 19. The molecule has 0 radical (unpaired) electrons. The monoisotopic (exact) mass is 922 g/mol. The lowest BCUT2D eigenvalue weighted by Gasteiger charge is -2.62. The Kier molecular flexibility index (Phi) is 17.4. The highest BCUT2D eigenvalue weighted by molar-refractivity contribution is 7.99. The molecule has 3 N–H and O–H groups in total. The smallest absolute Gasteiger partial charge is 0.446 e. The maximum atomic E-state index is 14.0. The van der Waals surface area contributed by atoms with Gasteiger partial charge in [-0.05, 0) is 197 Å². The number of fused-ring (bicyclic) bond motifs is 5. The Morgan fingerprint density at radius 1 is 0.750 bits per heavy atom. The van der Waals surface area contributed by atoms with Gasteiger partial charge in [0.2, 0.25) is 5.91 Å². The SMILES string of the molecule is CO[Si](CCCSCCCNC(=O)CC[C@@H](C)[C@@H]1CC[C@H]2[C@@H]3CC[C@H]4C[C@H](OC(=O)Nc5cc(C)cc(C)c5)CC[C@]4(C)[C@H]3C[C@H](OC(=O)Nc3cc(C)cc(C)c3)[C@@]21C)(OC)OC. The van der Waals surface area contributed by atoms with E-state index in [1.165, 1.54) is 0 Å². The van der Waals surface area contributed by atoms with Crippen LogP contribution in [0.4, 0.5) is 21.0 Å². The second-order valence-electron chi connectivity index (χ2n) is 20.4. The van der Waals surface area contributed by atoms with Crippen LogP contribution in [0.3, 0.4) is 0 Å². The maximum Gasteiger partial charge on any atom is 0.500 e.